The Hall–Kier alpha value is -6.23. The van der Waals surface area contributed by atoms with Gasteiger partial charge in [-0.15, -0.1) is 11.3 Å². The summed E-state index contributed by atoms with van der Waals surface area (Å²) in [5, 5.41) is 2.54. The van der Waals surface area contributed by atoms with Gasteiger partial charge in [0.1, 0.15) is 0 Å². The summed E-state index contributed by atoms with van der Waals surface area (Å²) in [6.45, 7) is 0. The Kier molecular flexibility index (Phi) is 7.34. The van der Waals surface area contributed by atoms with E-state index in [2.05, 4.69) is 115 Å². The van der Waals surface area contributed by atoms with E-state index in [1.807, 2.05) is 72.0 Å². The SMILES string of the molecule is c1ccc(-c2cccc(-c3ccc4sc5cccc(-c6cccc(-c7nc(-c8ccccc8)nc(-c8ccccc8)n7)c6)c5c4c3)c2)cc1. The van der Waals surface area contributed by atoms with Gasteiger partial charge >= 0.3 is 0 Å². The normalized spacial score (nSPS) is 11.3. The number of fused-ring (bicyclic) bond motifs is 3. The molecule has 0 saturated carbocycles. The molecular formula is C45H29N3S. The van der Waals surface area contributed by atoms with Gasteiger partial charge < -0.3 is 0 Å². The zero-order valence-electron chi connectivity index (χ0n) is 26.5. The molecule has 2 aromatic heterocycles. The third-order valence-corrected chi connectivity index (χ3v) is 10.1. The number of benzene rings is 7. The highest BCUT2D eigenvalue weighted by Crippen LogP contribution is 2.42. The van der Waals surface area contributed by atoms with Crippen LogP contribution in [0.1, 0.15) is 0 Å². The van der Waals surface area contributed by atoms with Crippen molar-refractivity contribution < 1.29 is 0 Å². The van der Waals surface area contributed by atoms with Crippen molar-refractivity contribution in [3.05, 3.63) is 176 Å². The number of thiophene rings is 1. The molecule has 0 aliphatic rings. The molecule has 0 radical (unpaired) electrons. The molecule has 9 aromatic rings. The fourth-order valence-corrected chi connectivity index (χ4v) is 7.63. The van der Waals surface area contributed by atoms with E-state index >= 15 is 0 Å². The molecule has 49 heavy (non-hydrogen) atoms. The molecule has 0 saturated heterocycles. The fraction of sp³-hybridized carbons (Fsp3) is 0. The van der Waals surface area contributed by atoms with Gasteiger partial charge in [-0.05, 0) is 63.7 Å². The second-order valence-electron chi connectivity index (χ2n) is 12.1. The minimum atomic E-state index is 0.650. The van der Waals surface area contributed by atoms with Gasteiger partial charge in [0.25, 0.3) is 0 Å². The zero-order chi connectivity index (χ0) is 32.6. The lowest BCUT2D eigenvalue weighted by Crippen LogP contribution is -2.00. The minimum absolute atomic E-state index is 0.650. The van der Waals surface area contributed by atoms with E-state index in [0.29, 0.717) is 17.5 Å². The summed E-state index contributed by atoms with van der Waals surface area (Å²) < 4.78 is 2.55. The van der Waals surface area contributed by atoms with Crippen LogP contribution in [0.5, 0.6) is 0 Å². The van der Waals surface area contributed by atoms with Gasteiger partial charge in [0.05, 0.1) is 0 Å². The minimum Gasteiger partial charge on any atom is -0.208 e. The van der Waals surface area contributed by atoms with Crippen LogP contribution < -0.4 is 0 Å². The number of aromatic nitrogens is 3. The summed E-state index contributed by atoms with van der Waals surface area (Å²) in [4.78, 5) is 14.9. The summed E-state index contributed by atoms with van der Waals surface area (Å²) in [5.41, 5.74) is 10.0. The van der Waals surface area contributed by atoms with Crippen LogP contribution in [0.4, 0.5) is 0 Å². The van der Waals surface area contributed by atoms with Crippen molar-refractivity contribution in [2.45, 2.75) is 0 Å². The molecule has 0 aliphatic carbocycles. The molecule has 7 aromatic carbocycles. The summed E-state index contributed by atoms with van der Waals surface area (Å²) in [7, 11) is 0. The van der Waals surface area contributed by atoms with E-state index in [1.54, 1.807) is 0 Å². The fourth-order valence-electron chi connectivity index (χ4n) is 6.52. The van der Waals surface area contributed by atoms with Crippen molar-refractivity contribution in [1.29, 1.82) is 0 Å². The van der Waals surface area contributed by atoms with Crippen LogP contribution in [0.2, 0.25) is 0 Å². The first-order valence-corrected chi connectivity index (χ1v) is 17.2. The molecule has 9 rings (SSSR count). The average Bonchev–Trinajstić information content (AvgIpc) is 3.57. The maximum absolute atomic E-state index is 4.99. The topological polar surface area (TPSA) is 38.7 Å². The molecule has 4 heteroatoms. The van der Waals surface area contributed by atoms with Gasteiger partial charge in [0, 0.05) is 36.9 Å². The first kappa shape index (κ1) is 29.0. The van der Waals surface area contributed by atoms with Gasteiger partial charge in [0.2, 0.25) is 0 Å². The number of rotatable bonds is 6. The van der Waals surface area contributed by atoms with Crippen molar-refractivity contribution in [1.82, 2.24) is 15.0 Å². The molecule has 0 unspecified atom stereocenters. The molecule has 0 atom stereocenters. The molecule has 2 heterocycles. The monoisotopic (exact) mass is 643 g/mol. The molecule has 0 fully saturated rings. The lowest BCUT2D eigenvalue weighted by atomic mass is 9.95. The Morgan fingerprint density at radius 2 is 0.776 bits per heavy atom. The Morgan fingerprint density at radius 3 is 1.43 bits per heavy atom. The smallest absolute Gasteiger partial charge is 0.164 e. The molecular weight excluding hydrogens is 615 g/mol. The molecule has 0 amide bonds. The first-order valence-electron chi connectivity index (χ1n) is 16.4. The summed E-state index contributed by atoms with van der Waals surface area (Å²) >= 11 is 1.84. The Morgan fingerprint density at radius 1 is 0.306 bits per heavy atom. The third-order valence-electron chi connectivity index (χ3n) is 8.93. The Balaban J connectivity index is 1.17. The van der Waals surface area contributed by atoms with Crippen molar-refractivity contribution in [2.24, 2.45) is 0 Å². The predicted molar refractivity (Wildman–Crippen MR) is 205 cm³/mol. The van der Waals surface area contributed by atoms with E-state index in [0.717, 1.165) is 22.3 Å². The van der Waals surface area contributed by atoms with Crippen LogP contribution in [0.25, 0.3) is 87.7 Å². The average molecular weight is 644 g/mol. The highest BCUT2D eigenvalue weighted by Gasteiger charge is 2.16. The van der Waals surface area contributed by atoms with Gasteiger partial charge in [-0.2, -0.15) is 0 Å². The van der Waals surface area contributed by atoms with E-state index in [-0.39, 0.29) is 0 Å². The quantitative estimate of drug-likeness (QED) is 0.181. The first-order chi connectivity index (χ1) is 24.3. The van der Waals surface area contributed by atoms with Crippen LogP contribution in [-0.2, 0) is 0 Å². The van der Waals surface area contributed by atoms with Crippen LogP contribution in [0.15, 0.2) is 176 Å². The van der Waals surface area contributed by atoms with Gasteiger partial charge in [-0.25, -0.2) is 15.0 Å². The third kappa shape index (κ3) is 5.58. The van der Waals surface area contributed by atoms with Gasteiger partial charge in [0.15, 0.2) is 17.5 Å². The van der Waals surface area contributed by atoms with Gasteiger partial charge in [-0.1, -0.05) is 146 Å². The van der Waals surface area contributed by atoms with Crippen molar-refractivity contribution in [3.63, 3.8) is 0 Å². The highest BCUT2D eigenvalue weighted by molar-refractivity contribution is 7.26. The predicted octanol–water partition coefficient (Wildman–Crippen LogP) is 12.2. The molecule has 3 nitrogen and oxygen atoms in total. The maximum Gasteiger partial charge on any atom is 0.164 e. The standard InChI is InChI=1S/C45H29N3S/c1-4-13-30(14-5-1)33-19-10-20-34(27-33)35-25-26-40-39(29-35)42-38(23-12-24-41(42)49-40)36-21-11-22-37(28-36)45-47-43(31-15-6-2-7-16-31)46-44(48-45)32-17-8-3-9-18-32/h1-29H. The number of nitrogens with zero attached hydrogens (tertiary/aromatic N) is 3. The Bertz CT molecular complexity index is 2540. The molecule has 0 spiro atoms. The van der Waals surface area contributed by atoms with E-state index < -0.39 is 0 Å². The van der Waals surface area contributed by atoms with Crippen LogP contribution in [0, 0.1) is 0 Å². The second kappa shape index (κ2) is 12.4. The summed E-state index contributed by atoms with van der Waals surface area (Å²) in [6.07, 6.45) is 0. The van der Waals surface area contributed by atoms with Crippen LogP contribution in [0.3, 0.4) is 0 Å². The van der Waals surface area contributed by atoms with Crippen molar-refractivity contribution in [2.75, 3.05) is 0 Å². The number of hydrogen-bond acceptors (Lipinski definition) is 4. The molecule has 0 aliphatic heterocycles. The lowest BCUT2D eigenvalue weighted by molar-refractivity contribution is 1.07. The summed E-state index contributed by atoms with van der Waals surface area (Å²) in [6, 6.07) is 61.7. The Labute approximate surface area is 288 Å². The molecule has 230 valence electrons. The van der Waals surface area contributed by atoms with Crippen LogP contribution in [-0.4, -0.2) is 15.0 Å². The van der Waals surface area contributed by atoms with Gasteiger partial charge in [-0.3, -0.25) is 0 Å². The van der Waals surface area contributed by atoms with E-state index in [1.165, 1.54) is 48.0 Å². The largest absolute Gasteiger partial charge is 0.208 e. The second-order valence-corrected chi connectivity index (χ2v) is 13.1. The van der Waals surface area contributed by atoms with E-state index in [4.69, 9.17) is 15.0 Å². The van der Waals surface area contributed by atoms with Crippen molar-refractivity contribution >= 4 is 31.5 Å². The number of hydrogen-bond donors (Lipinski definition) is 0. The maximum atomic E-state index is 4.99. The van der Waals surface area contributed by atoms with E-state index in [9.17, 15) is 0 Å². The molecule has 0 N–H and O–H groups in total. The lowest BCUT2D eigenvalue weighted by Gasteiger charge is -2.10. The van der Waals surface area contributed by atoms with Crippen molar-refractivity contribution in [3.8, 4) is 67.5 Å². The summed E-state index contributed by atoms with van der Waals surface area (Å²) in [5.74, 6) is 1.96. The zero-order valence-corrected chi connectivity index (χ0v) is 27.3. The highest BCUT2D eigenvalue weighted by atomic mass is 32.1. The van der Waals surface area contributed by atoms with Crippen LogP contribution >= 0.6 is 11.3 Å². The molecule has 0 bridgehead atoms.